The molecule has 2 saturated heterocycles. The summed E-state index contributed by atoms with van der Waals surface area (Å²) in [6.45, 7) is 8.04. The van der Waals surface area contributed by atoms with Crippen molar-refractivity contribution in [3.05, 3.63) is 15.1 Å². The molecule has 0 aliphatic carbocycles. The van der Waals surface area contributed by atoms with E-state index in [-0.39, 0.29) is 6.10 Å². The summed E-state index contributed by atoms with van der Waals surface area (Å²) in [5.41, 5.74) is 1.11. The summed E-state index contributed by atoms with van der Waals surface area (Å²) in [5, 5.41) is 3.35. The van der Waals surface area contributed by atoms with E-state index in [4.69, 9.17) is 14.7 Å². The van der Waals surface area contributed by atoms with Gasteiger partial charge in [0.25, 0.3) is 0 Å². The van der Waals surface area contributed by atoms with Gasteiger partial charge in [-0.05, 0) is 55.3 Å². The average molecular weight is 402 g/mol. The zero-order chi connectivity index (χ0) is 14.8. The summed E-state index contributed by atoms with van der Waals surface area (Å²) in [7, 11) is 0. The minimum atomic E-state index is 0.0130. The smallest absolute Gasteiger partial charge is 0.161 e. The molecule has 0 amide bonds. The third-order valence-electron chi connectivity index (χ3n) is 4.29. The van der Waals surface area contributed by atoms with Crippen molar-refractivity contribution in [1.82, 2.24) is 14.9 Å². The van der Waals surface area contributed by atoms with Crippen molar-refractivity contribution in [2.45, 2.75) is 45.3 Å². The highest BCUT2D eigenvalue weighted by Gasteiger charge is 2.34. The molecule has 5 nitrogen and oxygen atoms in total. The van der Waals surface area contributed by atoms with E-state index in [1.54, 1.807) is 0 Å². The molecule has 2 aliphatic rings. The van der Waals surface area contributed by atoms with Gasteiger partial charge in [0.2, 0.25) is 0 Å². The Labute approximate surface area is 140 Å². The van der Waals surface area contributed by atoms with Crippen LogP contribution >= 0.6 is 22.6 Å². The Morgan fingerprint density at radius 1 is 1.38 bits per heavy atom. The zero-order valence-corrected chi connectivity index (χ0v) is 14.9. The largest absolute Gasteiger partial charge is 0.369 e. The lowest BCUT2D eigenvalue weighted by molar-refractivity contribution is -0.0541. The number of hydrogen-bond acceptors (Lipinski definition) is 5. The average Bonchev–Trinajstić information content (AvgIpc) is 2.97. The molecule has 6 heteroatoms. The minimum Gasteiger partial charge on any atom is -0.369 e. The van der Waals surface area contributed by atoms with Crippen LogP contribution in [0.1, 0.15) is 44.3 Å². The monoisotopic (exact) mass is 402 g/mol. The molecular weight excluding hydrogens is 379 g/mol. The number of nitrogens with zero attached hydrogens (tertiary/aromatic N) is 3. The predicted octanol–water partition coefficient (Wildman–Crippen LogP) is 2.61. The van der Waals surface area contributed by atoms with Crippen LogP contribution in [0.15, 0.2) is 0 Å². The molecule has 2 atom stereocenters. The highest BCUT2D eigenvalue weighted by molar-refractivity contribution is 14.1. The number of hydrogen-bond donors (Lipinski definition) is 1. The van der Waals surface area contributed by atoms with Gasteiger partial charge in [-0.3, -0.25) is 4.90 Å². The Morgan fingerprint density at radius 2 is 2.24 bits per heavy atom. The summed E-state index contributed by atoms with van der Waals surface area (Å²) in [4.78, 5) is 12.0. The first-order valence-corrected chi connectivity index (χ1v) is 8.96. The minimum absolute atomic E-state index is 0.0130. The van der Waals surface area contributed by atoms with Crippen LogP contribution in [0.5, 0.6) is 0 Å². The van der Waals surface area contributed by atoms with Crippen LogP contribution in [-0.4, -0.2) is 47.2 Å². The first kappa shape index (κ1) is 15.4. The van der Waals surface area contributed by atoms with Gasteiger partial charge in [-0.15, -0.1) is 0 Å². The van der Waals surface area contributed by atoms with Gasteiger partial charge in [-0.1, -0.05) is 6.92 Å². The van der Waals surface area contributed by atoms with Gasteiger partial charge in [0.15, 0.2) is 5.82 Å². The molecule has 1 aromatic heterocycles. The number of fused-ring (bicyclic) bond motifs is 1. The Bertz CT molecular complexity index is 511. The Morgan fingerprint density at radius 3 is 3.00 bits per heavy atom. The molecule has 3 rings (SSSR count). The molecule has 0 radical (unpaired) electrons. The number of ether oxygens (including phenoxy) is 1. The second-order valence-corrected chi connectivity index (χ2v) is 6.77. The van der Waals surface area contributed by atoms with E-state index in [0.717, 1.165) is 47.0 Å². The maximum atomic E-state index is 6.05. The van der Waals surface area contributed by atoms with Crippen molar-refractivity contribution < 1.29 is 4.74 Å². The fourth-order valence-electron chi connectivity index (χ4n) is 3.15. The lowest BCUT2D eigenvalue weighted by atomic mass is 10.1. The van der Waals surface area contributed by atoms with Crippen LogP contribution in [-0.2, 0) is 11.2 Å². The molecule has 0 aromatic carbocycles. The lowest BCUT2D eigenvalue weighted by Crippen LogP contribution is -2.43. The van der Waals surface area contributed by atoms with E-state index < -0.39 is 0 Å². The summed E-state index contributed by atoms with van der Waals surface area (Å²) >= 11 is 2.34. The Balaban J connectivity index is 1.85. The Kier molecular flexibility index (Phi) is 4.96. The first-order valence-electron chi connectivity index (χ1n) is 7.88. The highest BCUT2D eigenvalue weighted by Crippen LogP contribution is 2.30. The molecule has 1 N–H and O–H groups in total. The van der Waals surface area contributed by atoms with Gasteiger partial charge in [0, 0.05) is 19.1 Å². The molecule has 0 saturated carbocycles. The van der Waals surface area contributed by atoms with E-state index in [9.17, 15) is 0 Å². The molecule has 0 bridgehead atoms. The zero-order valence-electron chi connectivity index (χ0n) is 12.7. The highest BCUT2D eigenvalue weighted by atomic mass is 127. The summed E-state index contributed by atoms with van der Waals surface area (Å²) in [6, 6.07) is 0.615. The van der Waals surface area contributed by atoms with E-state index in [2.05, 4.69) is 46.7 Å². The maximum Gasteiger partial charge on any atom is 0.161 e. The predicted molar refractivity (Wildman–Crippen MR) is 91.6 cm³/mol. The van der Waals surface area contributed by atoms with Crippen LogP contribution < -0.4 is 5.32 Å². The molecule has 1 aromatic rings. The number of aromatic nitrogens is 2. The van der Waals surface area contributed by atoms with Gasteiger partial charge in [-0.25, -0.2) is 9.97 Å². The normalized spacial score (nSPS) is 25.9. The summed E-state index contributed by atoms with van der Waals surface area (Å²) < 4.78 is 7.19. The van der Waals surface area contributed by atoms with Gasteiger partial charge in [-0.2, -0.15) is 0 Å². The third-order valence-corrected chi connectivity index (χ3v) is 5.43. The number of aryl methyl sites for hydroxylation is 1. The van der Waals surface area contributed by atoms with Crippen LogP contribution in [0.25, 0.3) is 0 Å². The van der Waals surface area contributed by atoms with Crippen molar-refractivity contribution in [3.8, 4) is 0 Å². The van der Waals surface area contributed by atoms with Crippen molar-refractivity contribution in [2.75, 3.05) is 31.6 Å². The molecule has 3 heterocycles. The second-order valence-electron chi connectivity index (χ2n) is 5.69. The molecule has 2 unspecified atom stereocenters. The van der Waals surface area contributed by atoms with Crippen molar-refractivity contribution in [1.29, 1.82) is 0 Å². The third kappa shape index (κ3) is 3.17. The molecule has 116 valence electrons. The Hall–Kier alpha value is -0.470. The molecule has 2 aliphatic heterocycles. The number of halogens is 1. The second kappa shape index (κ2) is 6.75. The van der Waals surface area contributed by atoms with Crippen LogP contribution in [0.3, 0.4) is 0 Å². The van der Waals surface area contributed by atoms with Gasteiger partial charge in [0.05, 0.1) is 15.9 Å². The molecule has 2 fully saturated rings. The fraction of sp³-hybridized carbons (Fsp3) is 0.733. The maximum absolute atomic E-state index is 6.05. The van der Waals surface area contributed by atoms with E-state index in [1.165, 1.54) is 19.4 Å². The van der Waals surface area contributed by atoms with Gasteiger partial charge in [0.1, 0.15) is 11.9 Å². The van der Waals surface area contributed by atoms with Crippen LogP contribution in [0.2, 0.25) is 0 Å². The fourth-order valence-corrected chi connectivity index (χ4v) is 3.96. The summed E-state index contributed by atoms with van der Waals surface area (Å²) in [6.07, 6.45) is 3.49. The topological polar surface area (TPSA) is 50.3 Å². The molecule has 21 heavy (non-hydrogen) atoms. The van der Waals surface area contributed by atoms with Crippen LogP contribution in [0, 0.1) is 3.57 Å². The SMILES string of the molecule is CCNc1nc(C2CN3CCCC3CO2)nc(CC)c1I. The summed E-state index contributed by atoms with van der Waals surface area (Å²) in [5.74, 6) is 1.79. The molecular formula is C15H23IN4O. The molecule has 0 spiro atoms. The number of rotatable bonds is 4. The van der Waals surface area contributed by atoms with E-state index >= 15 is 0 Å². The quantitative estimate of drug-likeness (QED) is 0.785. The number of morpholine rings is 1. The van der Waals surface area contributed by atoms with Crippen molar-refractivity contribution >= 4 is 28.4 Å². The van der Waals surface area contributed by atoms with Gasteiger partial charge >= 0.3 is 0 Å². The lowest BCUT2D eigenvalue weighted by Gasteiger charge is -2.34. The van der Waals surface area contributed by atoms with Crippen molar-refractivity contribution in [3.63, 3.8) is 0 Å². The van der Waals surface area contributed by atoms with E-state index in [1.807, 2.05) is 0 Å². The van der Waals surface area contributed by atoms with Gasteiger partial charge < -0.3 is 10.1 Å². The van der Waals surface area contributed by atoms with Crippen molar-refractivity contribution in [2.24, 2.45) is 0 Å². The van der Waals surface area contributed by atoms with Crippen LogP contribution in [0.4, 0.5) is 5.82 Å². The first-order chi connectivity index (χ1) is 10.2. The number of anilines is 1. The number of nitrogens with one attached hydrogen (secondary N) is 1. The van der Waals surface area contributed by atoms with E-state index in [0.29, 0.717) is 6.04 Å². The standard InChI is InChI=1S/C15H23IN4O/c1-3-11-13(16)15(17-4-2)19-14(18-11)12-8-20-7-5-6-10(20)9-21-12/h10,12H,3-9H2,1-2H3,(H,17,18,19).